The summed E-state index contributed by atoms with van der Waals surface area (Å²) in [6, 6.07) is 0. The van der Waals surface area contributed by atoms with Crippen molar-refractivity contribution in [2.45, 2.75) is 50.6 Å². The third-order valence-corrected chi connectivity index (χ3v) is 7.31. The molecule has 0 unspecified atom stereocenters. The first kappa shape index (κ1) is 17.3. The summed E-state index contributed by atoms with van der Waals surface area (Å²) < 4.78 is 0. The number of nitrogens with zero attached hydrogens (tertiary/aromatic N) is 3. The third kappa shape index (κ3) is 3.09. The lowest BCUT2D eigenvalue weighted by molar-refractivity contribution is -0.135. The molecule has 2 fully saturated rings. The van der Waals surface area contributed by atoms with Crippen LogP contribution in [0, 0.1) is 0 Å². The van der Waals surface area contributed by atoms with Crippen molar-refractivity contribution >= 4 is 27.5 Å². The van der Waals surface area contributed by atoms with Gasteiger partial charge in [0.05, 0.1) is 17.5 Å². The SMILES string of the molecule is NC1(C(=O)N2CCN(Cc3nc4sc5c(c4c(=O)[nH]3)CCCC5)CC2)CC1. The van der Waals surface area contributed by atoms with E-state index < -0.39 is 5.54 Å². The van der Waals surface area contributed by atoms with Crippen LogP contribution in [0.2, 0.25) is 0 Å². The van der Waals surface area contributed by atoms with Gasteiger partial charge in [-0.1, -0.05) is 0 Å². The van der Waals surface area contributed by atoms with Gasteiger partial charge in [0.1, 0.15) is 10.7 Å². The lowest BCUT2D eigenvalue weighted by Crippen LogP contribution is -2.54. The predicted molar refractivity (Wildman–Crippen MR) is 105 cm³/mol. The molecular weight excluding hydrogens is 362 g/mol. The Balaban J connectivity index is 1.29. The Kier molecular flexibility index (Phi) is 4.10. The highest BCUT2D eigenvalue weighted by Crippen LogP contribution is 2.35. The maximum Gasteiger partial charge on any atom is 0.259 e. The van der Waals surface area contributed by atoms with Crippen LogP contribution in [0.5, 0.6) is 0 Å². The number of carbonyl (C=O) groups excluding carboxylic acids is 1. The topological polar surface area (TPSA) is 95.3 Å². The smallest absolute Gasteiger partial charge is 0.259 e. The van der Waals surface area contributed by atoms with Gasteiger partial charge in [0.25, 0.3) is 5.56 Å². The number of rotatable bonds is 3. The minimum absolute atomic E-state index is 0.00187. The molecule has 3 N–H and O–H groups in total. The number of hydrogen-bond donors (Lipinski definition) is 2. The molecule has 2 aromatic heterocycles. The van der Waals surface area contributed by atoms with Crippen LogP contribution in [0.4, 0.5) is 0 Å². The molecule has 3 heterocycles. The van der Waals surface area contributed by atoms with Crippen molar-refractivity contribution in [2.24, 2.45) is 5.73 Å². The molecule has 3 aliphatic rings. The monoisotopic (exact) mass is 387 g/mol. The molecule has 8 heteroatoms. The Hall–Kier alpha value is -1.77. The van der Waals surface area contributed by atoms with Gasteiger partial charge >= 0.3 is 0 Å². The molecule has 1 amide bonds. The van der Waals surface area contributed by atoms with E-state index in [0.717, 1.165) is 61.2 Å². The van der Waals surface area contributed by atoms with Crippen LogP contribution >= 0.6 is 11.3 Å². The quantitative estimate of drug-likeness (QED) is 0.819. The van der Waals surface area contributed by atoms with Crippen LogP contribution in [0.3, 0.4) is 0 Å². The van der Waals surface area contributed by atoms with E-state index in [1.165, 1.54) is 16.9 Å². The van der Waals surface area contributed by atoms with Crippen LogP contribution in [0.1, 0.15) is 41.9 Å². The molecular formula is C19H25N5O2S. The summed E-state index contributed by atoms with van der Waals surface area (Å²) in [6.07, 6.45) is 6.05. The molecule has 144 valence electrons. The lowest BCUT2D eigenvalue weighted by atomic mass is 9.97. The first-order chi connectivity index (χ1) is 13.0. The van der Waals surface area contributed by atoms with E-state index in [1.54, 1.807) is 11.3 Å². The number of nitrogens with two attached hydrogens (primary N) is 1. The standard InChI is InChI=1S/C19H25N5O2S/c20-19(5-6-19)18(26)24-9-7-23(8-10-24)11-14-21-16(25)15-12-3-1-2-4-13(12)27-17(15)22-14/h1-11,20H2,(H,21,22,25). The fourth-order valence-corrected chi connectivity index (χ4v) is 5.55. The Bertz CT molecular complexity index is 953. The Morgan fingerprint density at radius 1 is 1.19 bits per heavy atom. The molecule has 2 aliphatic carbocycles. The van der Waals surface area contributed by atoms with Crippen LogP contribution in [-0.4, -0.2) is 57.4 Å². The fourth-order valence-electron chi connectivity index (χ4n) is 4.27. The summed E-state index contributed by atoms with van der Waals surface area (Å²) in [4.78, 5) is 39.1. The molecule has 0 atom stereocenters. The number of aryl methyl sites for hydroxylation is 2. The molecule has 5 rings (SSSR count). The van der Waals surface area contributed by atoms with Gasteiger partial charge in [0.2, 0.25) is 5.91 Å². The second kappa shape index (κ2) is 6.39. The molecule has 1 saturated heterocycles. The zero-order chi connectivity index (χ0) is 18.6. The summed E-state index contributed by atoms with van der Waals surface area (Å²) in [5.41, 5.74) is 6.68. The van der Waals surface area contributed by atoms with E-state index in [2.05, 4.69) is 9.88 Å². The molecule has 1 aliphatic heterocycles. The number of aromatic nitrogens is 2. The number of H-pyrrole nitrogens is 1. The van der Waals surface area contributed by atoms with E-state index in [9.17, 15) is 9.59 Å². The lowest BCUT2D eigenvalue weighted by Gasteiger charge is -2.35. The van der Waals surface area contributed by atoms with Crippen molar-refractivity contribution < 1.29 is 4.79 Å². The van der Waals surface area contributed by atoms with Gasteiger partial charge in [-0.05, 0) is 44.1 Å². The number of carbonyl (C=O) groups is 1. The zero-order valence-corrected chi connectivity index (χ0v) is 16.2. The molecule has 0 radical (unpaired) electrons. The van der Waals surface area contributed by atoms with Gasteiger partial charge in [0.15, 0.2) is 0 Å². The minimum atomic E-state index is -0.585. The normalized spacial score (nSPS) is 22.0. The van der Waals surface area contributed by atoms with Crippen molar-refractivity contribution in [3.63, 3.8) is 0 Å². The molecule has 0 spiro atoms. The Morgan fingerprint density at radius 2 is 1.93 bits per heavy atom. The van der Waals surface area contributed by atoms with E-state index in [1.807, 2.05) is 4.90 Å². The first-order valence-electron chi connectivity index (χ1n) is 9.87. The minimum Gasteiger partial charge on any atom is -0.339 e. The van der Waals surface area contributed by atoms with Crippen LogP contribution in [0.25, 0.3) is 10.2 Å². The van der Waals surface area contributed by atoms with E-state index in [4.69, 9.17) is 10.7 Å². The first-order valence-corrected chi connectivity index (χ1v) is 10.7. The van der Waals surface area contributed by atoms with Crippen molar-refractivity contribution in [1.82, 2.24) is 19.8 Å². The Labute approximate surface area is 161 Å². The Morgan fingerprint density at radius 3 is 2.67 bits per heavy atom. The second-order valence-electron chi connectivity index (χ2n) is 8.13. The summed E-state index contributed by atoms with van der Waals surface area (Å²) in [6.45, 7) is 3.56. The van der Waals surface area contributed by atoms with Crippen molar-refractivity contribution in [2.75, 3.05) is 26.2 Å². The summed E-state index contributed by atoms with van der Waals surface area (Å²) >= 11 is 1.69. The largest absolute Gasteiger partial charge is 0.339 e. The van der Waals surface area contributed by atoms with Gasteiger partial charge < -0.3 is 15.6 Å². The second-order valence-corrected chi connectivity index (χ2v) is 9.21. The molecule has 0 bridgehead atoms. The van der Waals surface area contributed by atoms with Crippen LogP contribution < -0.4 is 11.3 Å². The van der Waals surface area contributed by atoms with Gasteiger partial charge in [-0.25, -0.2) is 4.98 Å². The van der Waals surface area contributed by atoms with Crippen molar-refractivity contribution in [1.29, 1.82) is 0 Å². The molecule has 1 saturated carbocycles. The highest BCUT2D eigenvalue weighted by atomic mass is 32.1. The maximum absolute atomic E-state index is 12.7. The molecule has 27 heavy (non-hydrogen) atoms. The third-order valence-electron chi connectivity index (χ3n) is 6.12. The highest BCUT2D eigenvalue weighted by Gasteiger charge is 2.48. The summed E-state index contributed by atoms with van der Waals surface area (Å²) in [5, 5.41) is 0.812. The number of amides is 1. The zero-order valence-electron chi connectivity index (χ0n) is 15.4. The van der Waals surface area contributed by atoms with Gasteiger partial charge in [-0.15, -0.1) is 11.3 Å². The van der Waals surface area contributed by atoms with Gasteiger partial charge in [-0.2, -0.15) is 0 Å². The number of fused-ring (bicyclic) bond motifs is 3. The number of hydrogen-bond acceptors (Lipinski definition) is 6. The molecule has 2 aromatic rings. The van der Waals surface area contributed by atoms with Gasteiger partial charge in [0, 0.05) is 31.1 Å². The van der Waals surface area contributed by atoms with Crippen molar-refractivity contribution in [3.8, 4) is 0 Å². The average molecular weight is 388 g/mol. The highest BCUT2D eigenvalue weighted by molar-refractivity contribution is 7.18. The number of nitrogens with one attached hydrogen (secondary N) is 1. The molecule has 0 aromatic carbocycles. The van der Waals surface area contributed by atoms with E-state index in [-0.39, 0.29) is 11.5 Å². The van der Waals surface area contributed by atoms with Crippen LogP contribution in [-0.2, 0) is 24.2 Å². The summed E-state index contributed by atoms with van der Waals surface area (Å²) in [5.74, 6) is 0.822. The van der Waals surface area contributed by atoms with Crippen molar-refractivity contribution in [3.05, 3.63) is 26.6 Å². The van der Waals surface area contributed by atoms with Crippen LogP contribution in [0.15, 0.2) is 4.79 Å². The maximum atomic E-state index is 12.7. The van der Waals surface area contributed by atoms with E-state index >= 15 is 0 Å². The average Bonchev–Trinajstić information content (AvgIpc) is 3.30. The fraction of sp³-hybridized carbons (Fsp3) is 0.632. The predicted octanol–water partition coefficient (Wildman–Crippen LogP) is 0.999. The summed E-state index contributed by atoms with van der Waals surface area (Å²) in [7, 11) is 0. The number of piperazine rings is 1. The molecule has 7 nitrogen and oxygen atoms in total. The van der Waals surface area contributed by atoms with E-state index in [0.29, 0.717) is 19.6 Å². The van der Waals surface area contributed by atoms with Gasteiger partial charge in [-0.3, -0.25) is 14.5 Å². The number of aromatic amines is 1. The number of thiophene rings is 1.